The third-order valence-corrected chi connectivity index (χ3v) is 4.03. The SMILES string of the molecule is COc1ccccc1N1CCCNC(c2ccccc2)C1. The van der Waals surface area contributed by atoms with Crippen molar-refractivity contribution in [3.05, 3.63) is 60.2 Å². The fourth-order valence-corrected chi connectivity index (χ4v) is 2.94. The quantitative estimate of drug-likeness (QED) is 0.935. The van der Waals surface area contributed by atoms with Crippen molar-refractivity contribution in [3.8, 4) is 5.75 Å². The van der Waals surface area contributed by atoms with Crippen LogP contribution >= 0.6 is 0 Å². The van der Waals surface area contributed by atoms with Crippen LogP contribution in [0.1, 0.15) is 18.0 Å². The van der Waals surface area contributed by atoms with Crippen LogP contribution in [-0.2, 0) is 0 Å². The highest BCUT2D eigenvalue weighted by Crippen LogP contribution is 2.30. The predicted molar refractivity (Wildman–Crippen MR) is 87.0 cm³/mol. The zero-order valence-corrected chi connectivity index (χ0v) is 12.5. The molecular weight excluding hydrogens is 260 g/mol. The summed E-state index contributed by atoms with van der Waals surface area (Å²) in [7, 11) is 1.74. The molecule has 3 rings (SSSR count). The maximum atomic E-state index is 5.52. The van der Waals surface area contributed by atoms with Crippen LogP contribution in [0.5, 0.6) is 5.75 Å². The summed E-state index contributed by atoms with van der Waals surface area (Å²) in [6, 6.07) is 19.3. The molecule has 0 bridgehead atoms. The molecule has 2 aromatic carbocycles. The van der Waals surface area contributed by atoms with E-state index in [-0.39, 0.29) is 0 Å². The molecule has 0 aliphatic carbocycles. The maximum Gasteiger partial charge on any atom is 0.142 e. The Morgan fingerprint density at radius 2 is 1.81 bits per heavy atom. The van der Waals surface area contributed by atoms with Gasteiger partial charge < -0.3 is 15.0 Å². The van der Waals surface area contributed by atoms with Crippen molar-refractivity contribution in [1.82, 2.24) is 5.32 Å². The van der Waals surface area contributed by atoms with Crippen molar-refractivity contribution < 1.29 is 4.74 Å². The summed E-state index contributed by atoms with van der Waals surface area (Å²) in [5.74, 6) is 0.950. The highest BCUT2D eigenvalue weighted by atomic mass is 16.5. The van der Waals surface area contributed by atoms with Crippen molar-refractivity contribution >= 4 is 5.69 Å². The molecule has 1 aliphatic heterocycles. The number of rotatable bonds is 3. The standard InChI is InChI=1S/C18H22N2O/c1-21-18-11-6-5-10-17(18)20-13-7-12-19-16(14-20)15-8-3-2-4-9-15/h2-6,8-11,16,19H,7,12-14H2,1H3. The minimum absolute atomic E-state index is 0.360. The fraction of sp³-hybridized carbons (Fsp3) is 0.333. The molecule has 1 fully saturated rings. The second-order valence-corrected chi connectivity index (χ2v) is 5.39. The molecule has 0 aromatic heterocycles. The van der Waals surface area contributed by atoms with Crippen LogP contribution in [0.15, 0.2) is 54.6 Å². The van der Waals surface area contributed by atoms with Crippen LogP contribution < -0.4 is 15.0 Å². The zero-order chi connectivity index (χ0) is 14.5. The molecule has 1 atom stereocenters. The molecule has 0 spiro atoms. The lowest BCUT2D eigenvalue weighted by molar-refractivity contribution is 0.414. The summed E-state index contributed by atoms with van der Waals surface area (Å²) >= 11 is 0. The van der Waals surface area contributed by atoms with E-state index in [9.17, 15) is 0 Å². The predicted octanol–water partition coefficient (Wildman–Crippen LogP) is 3.24. The van der Waals surface area contributed by atoms with Gasteiger partial charge in [-0.05, 0) is 30.7 Å². The van der Waals surface area contributed by atoms with Gasteiger partial charge in [0.25, 0.3) is 0 Å². The molecule has 0 radical (unpaired) electrons. The first-order valence-corrected chi connectivity index (χ1v) is 7.55. The van der Waals surface area contributed by atoms with Crippen LogP contribution in [0, 0.1) is 0 Å². The highest BCUT2D eigenvalue weighted by molar-refractivity contribution is 5.58. The number of nitrogens with zero attached hydrogens (tertiary/aromatic N) is 1. The molecule has 21 heavy (non-hydrogen) atoms. The number of anilines is 1. The van der Waals surface area contributed by atoms with Crippen molar-refractivity contribution in [2.75, 3.05) is 31.6 Å². The van der Waals surface area contributed by atoms with E-state index in [2.05, 4.69) is 52.7 Å². The Labute approximate surface area is 126 Å². The monoisotopic (exact) mass is 282 g/mol. The van der Waals surface area contributed by atoms with Gasteiger partial charge >= 0.3 is 0 Å². The maximum absolute atomic E-state index is 5.52. The molecule has 1 heterocycles. The number of nitrogens with one attached hydrogen (secondary N) is 1. The van der Waals surface area contributed by atoms with Gasteiger partial charge in [0.05, 0.1) is 12.8 Å². The van der Waals surface area contributed by atoms with Crippen molar-refractivity contribution in [2.24, 2.45) is 0 Å². The number of para-hydroxylation sites is 2. The van der Waals surface area contributed by atoms with Gasteiger partial charge in [-0.1, -0.05) is 42.5 Å². The molecular formula is C18H22N2O. The lowest BCUT2D eigenvalue weighted by Gasteiger charge is -2.28. The molecule has 1 unspecified atom stereocenters. The summed E-state index contributed by atoms with van der Waals surface area (Å²) in [5, 5.41) is 3.65. The Kier molecular flexibility index (Phi) is 4.41. The summed E-state index contributed by atoms with van der Waals surface area (Å²) in [5.41, 5.74) is 2.53. The van der Waals surface area contributed by atoms with Gasteiger partial charge in [0.15, 0.2) is 0 Å². The summed E-state index contributed by atoms with van der Waals surface area (Å²) in [6.45, 7) is 3.06. The lowest BCUT2D eigenvalue weighted by atomic mass is 10.1. The van der Waals surface area contributed by atoms with E-state index in [1.54, 1.807) is 7.11 Å². The van der Waals surface area contributed by atoms with Gasteiger partial charge in [-0.25, -0.2) is 0 Å². The van der Waals surface area contributed by atoms with Gasteiger partial charge in [-0.2, -0.15) is 0 Å². The van der Waals surface area contributed by atoms with Gasteiger partial charge in [0.1, 0.15) is 5.75 Å². The van der Waals surface area contributed by atoms with Gasteiger partial charge in [-0.3, -0.25) is 0 Å². The summed E-state index contributed by atoms with van der Waals surface area (Å²) in [4.78, 5) is 2.43. The molecule has 3 nitrogen and oxygen atoms in total. The Bertz CT molecular complexity index is 570. The van der Waals surface area contributed by atoms with Crippen molar-refractivity contribution in [2.45, 2.75) is 12.5 Å². The van der Waals surface area contributed by atoms with Gasteiger partial charge in [0, 0.05) is 19.1 Å². The fourth-order valence-electron chi connectivity index (χ4n) is 2.94. The van der Waals surface area contributed by atoms with Gasteiger partial charge in [0.2, 0.25) is 0 Å². The second-order valence-electron chi connectivity index (χ2n) is 5.39. The van der Waals surface area contributed by atoms with E-state index in [1.165, 1.54) is 11.3 Å². The van der Waals surface area contributed by atoms with Crippen LogP contribution in [0.4, 0.5) is 5.69 Å². The normalized spacial score (nSPS) is 19.1. The first-order valence-electron chi connectivity index (χ1n) is 7.55. The smallest absolute Gasteiger partial charge is 0.142 e. The second kappa shape index (κ2) is 6.64. The highest BCUT2D eigenvalue weighted by Gasteiger charge is 2.21. The molecule has 0 amide bonds. The van der Waals surface area contributed by atoms with Crippen LogP contribution in [0.3, 0.4) is 0 Å². The first-order chi connectivity index (χ1) is 10.4. The number of hydrogen-bond donors (Lipinski definition) is 1. The molecule has 110 valence electrons. The first kappa shape index (κ1) is 14.0. The van der Waals surface area contributed by atoms with E-state index in [1.807, 2.05) is 12.1 Å². The topological polar surface area (TPSA) is 24.5 Å². The molecule has 1 aliphatic rings. The molecule has 3 heteroatoms. The van der Waals surface area contributed by atoms with E-state index >= 15 is 0 Å². The summed E-state index contributed by atoms with van der Waals surface area (Å²) in [6.07, 6.45) is 1.14. The molecule has 1 saturated heterocycles. The average Bonchev–Trinajstić information content (AvgIpc) is 2.81. The Balaban J connectivity index is 1.85. The molecule has 1 N–H and O–H groups in total. The van der Waals surface area contributed by atoms with E-state index in [0.29, 0.717) is 6.04 Å². The third-order valence-electron chi connectivity index (χ3n) is 4.03. The van der Waals surface area contributed by atoms with Crippen LogP contribution in [0.2, 0.25) is 0 Å². The third kappa shape index (κ3) is 3.19. The molecule has 2 aromatic rings. The van der Waals surface area contributed by atoms with Crippen molar-refractivity contribution in [1.29, 1.82) is 0 Å². The largest absolute Gasteiger partial charge is 0.495 e. The van der Waals surface area contributed by atoms with E-state index < -0.39 is 0 Å². The van der Waals surface area contributed by atoms with E-state index in [0.717, 1.165) is 31.8 Å². The van der Waals surface area contributed by atoms with E-state index in [4.69, 9.17) is 4.74 Å². The number of methoxy groups -OCH3 is 1. The Morgan fingerprint density at radius 3 is 2.62 bits per heavy atom. The number of ether oxygens (including phenoxy) is 1. The number of benzene rings is 2. The number of hydrogen-bond acceptors (Lipinski definition) is 3. The Morgan fingerprint density at radius 1 is 1.05 bits per heavy atom. The minimum Gasteiger partial charge on any atom is -0.495 e. The zero-order valence-electron chi connectivity index (χ0n) is 12.5. The minimum atomic E-state index is 0.360. The summed E-state index contributed by atoms with van der Waals surface area (Å²) < 4.78 is 5.52. The lowest BCUT2D eigenvalue weighted by Crippen LogP contribution is -2.31. The van der Waals surface area contributed by atoms with Gasteiger partial charge in [-0.15, -0.1) is 0 Å². The van der Waals surface area contributed by atoms with Crippen LogP contribution in [0.25, 0.3) is 0 Å². The van der Waals surface area contributed by atoms with Crippen molar-refractivity contribution in [3.63, 3.8) is 0 Å². The van der Waals surface area contributed by atoms with Crippen LogP contribution in [-0.4, -0.2) is 26.7 Å². The average molecular weight is 282 g/mol. The molecule has 0 saturated carbocycles. The Hall–Kier alpha value is -2.00.